The number of fused-ring (bicyclic) bond motifs is 1. The van der Waals surface area contributed by atoms with E-state index in [1.807, 2.05) is 24.3 Å². The number of piperazine rings is 1. The summed E-state index contributed by atoms with van der Waals surface area (Å²) < 4.78 is 4.03. The van der Waals surface area contributed by atoms with Crippen molar-refractivity contribution in [2.75, 3.05) is 37.6 Å². The second-order valence-corrected chi connectivity index (χ2v) is 8.13. The number of rotatable bonds is 5. The van der Waals surface area contributed by atoms with E-state index in [2.05, 4.69) is 14.8 Å². The average molecular weight is 433 g/mol. The molecule has 0 amide bonds. The topological polar surface area (TPSA) is 88.5 Å². The Labute approximate surface area is 178 Å². The maximum atomic E-state index is 12.5. The first-order valence-corrected chi connectivity index (χ1v) is 10.2. The predicted molar refractivity (Wildman–Crippen MR) is 116 cm³/mol. The van der Waals surface area contributed by atoms with Crippen molar-refractivity contribution in [2.45, 2.75) is 12.6 Å². The third-order valence-electron chi connectivity index (χ3n) is 5.64. The third kappa shape index (κ3) is 3.88. The number of benzene rings is 1. The van der Waals surface area contributed by atoms with Gasteiger partial charge in [0.15, 0.2) is 11.2 Å². The molecule has 1 N–H and O–H groups in total. The van der Waals surface area contributed by atoms with Gasteiger partial charge in [-0.3, -0.25) is 18.8 Å². The molecule has 1 aliphatic rings. The van der Waals surface area contributed by atoms with Crippen molar-refractivity contribution in [3.8, 4) is 0 Å². The molecular weight excluding hydrogens is 408 g/mol. The van der Waals surface area contributed by atoms with Crippen LogP contribution >= 0.6 is 11.6 Å². The normalized spacial score (nSPS) is 16.3. The molecule has 0 radical (unpaired) electrons. The first kappa shape index (κ1) is 20.6. The molecule has 3 heterocycles. The van der Waals surface area contributed by atoms with Gasteiger partial charge in [0.25, 0.3) is 5.56 Å². The number of nitrogens with zero attached hydrogens (tertiary/aromatic N) is 6. The van der Waals surface area contributed by atoms with Gasteiger partial charge in [-0.05, 0) is 18.2 Å². The van der Waals surface area contributed by atoms with Crippen molar-refractivity contribution in [3.63, 3.8) is 0 Å². The number of aliphatic hydroxyl groups is 1. The van der Waals surface area contributed by atoms with E-state index >= 15 is 0 Å². The lowest BCUT2D eigenvalue weighted by molar-refractivity contribution is 0.0958. The molecule has 0 unspecified atom stereocenters. The number of β-amino-alcohol motifs (C(OH)–C–C–N with tert-alkyl or cyclic N) is 1. The van der Waals surface area contributed by atoms with Crippen LogP contribution in [0.2, 0.25) is 5.02 Å². The quantitative estimate of drug-likeness (QED) is 0.622. The number of imidazole rings is 1. The van der Waals surface area contributed by atoms with Crippen LogP contribution in [0.15, 0.2) is 40.2 Å². The molecule has 3 aromatic rings. The zero-order valence-electron chi connectivity index (χ0n) is 17.0. The second kappa shape index (κ2) is 8.25. The van der Waals surface area contributed by atoms with Crippen LogP contribution in [0.4, 0.5) is 5.69 Å². The van der Waals surface area contributed by atoms with Crippen molar-refractivity contribution in [1.29, 1.82) is 0 Å². The zero-order valence-corrected chi connectivity index (χ0v) is 17.8. The number of anilines is 1. The lowest BCUT2D eigenvalue weighted by Gasteiger charge is -2.37. The van der Waals surface area contributed by atoms with Crippen molar-refractivity contribution < 1.29 is 5.11 Å². The predicted octanol–water partition coefficient (Wildman–Crippen LogP) is 0.270. The number of aryl methyl sites for hydroxylation is 1. The average Bonchev–Trinajstić information content (AvgIpc) is 3.14. The second-order valence-electron chi connectivity index (χ2n) is 7.70. The summed E-state index contributed by atoms with van der Waals surface area (Å²) in [7, 11) is 3.02. The minimum Gasteiger partial charge on any atom is -0.390 e. The van der Waals surface area contributed by atoms with Gasteiger partial charge in [-0.1, -0.05) is 17.7 Å². The van der Waals surface area contributed by atoms with Gasteiger partial charge in [0.05, 0.1) is 19.0 Å². The monoisotopic (exact) mass is 432 g/mol. The Morgan fingerprint density at radius 2 is 1.83 bits per heavy atom. The number of hydrogen-bond donors (Lipinski definition) is 1. The molecule has 1 aromatic carbocycles. The summed E-state index contributed by atoms with van der Waals surface area (Å²) >= 11 is 6.09. The maximum absolute atomic E-state index is 12.5. The molecule has 0 bridgehead atoms. The Bertz CT molecular complexity index is 1180. The van der Waals surface area contributed by atoms with Crippen molar-refractivity contribution in [2.24, 2.45) is 14.1 Å². The molecule has 30 heavy (non-hydrogen) atoms. The van der Waals surface area contributed by atoms with Crippen LogP contribution in [-0.2, 0) is 20.6 Å². The summed E-state index contributed by atoms with van der Waals surface area (Å²) in [6.45, 7) is 4.08. The van der Waals surface area contributed by atoms with Crippen LogP contribution in [0.5, 0.6) is 0 Å². The SMILES string of the molecule is Cn1c(=O)c2c(ncn2C[C@@H](O)CN2CCN(c3cccc(Cl)c3)CC2)n(C)c1=O. The van der Waals surface area contributed by atoms with Crippen LogP contribution in [0.1, 0.15) is 0 Å². The van der Waals surface area contributed by atoms with Crippen LogP contribution in [0.3, 0.4) is 0 Å². The number of aromatic nitrogens is 4. The molecule has 2 aromatic heterocycles. The van der Waals surface area contributed by atoms with Crippen molar-refractivity contribution >= 4 is 28.5 Å². The Hall–Kier alpha value is -2.62. The van der Waals surface area contributed by atoms with Crippen molar-refractivity contribution in [3.05, 3.63) is 56.5 Å². The highest BCUT2D eigenvalue weighted by Crippen LogP contribution is 2.21. The van der Waals surface area contributed by atoms with Crippen LogP contribution in [0.25, 0.3) is 11.2 Å². The molecule has 160 valence electrons. The van der Waals surface area contributed by atoms with Crippen LogP contribution in [-0.4, -0.2) is 67.5 Å². The van der Waals surface area contributed by atoms with E-state index in [0.29, 0.717) is 17.7 Å². The molecule has 1 aliphatic heterocycles. The minimum absolute atomic E-state index is 0.235. The Balaban J connectivity index is 1.41. The lowest BCUT2D eigenvalue weighted by Crippen LogP contribution is -2.49. The molecule has 9 nitrogen and oxygen atoms in total. The Kier molecular flexibility index (Phi) is 5.68. The zero-order chi connectivity index (χ0) is 21.4. The van der Waals surface area contributed by atoms with E-state index in [1.165, 1.54) is 17.9 Å². The summed E-state index contributed by atoms with van der Waals surface area (Å²) in [6.07, 6.45) is 0.841. The van der Waals surface area contributed by atoms with Gasteiger partial charge in [0, 0.05) is 57.5 Å². The van der Waals surface area contributed by atoms with E-state index in [1.54, 1.807) is 11.6 Å². The van der Waals surface area contributed by atoms with Gasteiger partial charge in [-0.25, -0.2) is 9.78 Å². The van der Waals surface area contributed by atoms with Gasteiger partial charge >= 0.3 is 5.69 Å². The standard InChI is InChI=1S/C20H25ClN6O3/c1-23-18-17(19(29)24(2)20(23)30)27(13-22-18)12-16(28)11-25-6-8-26(9-7-25)15-5-3-4-14(21)10-15/h3-5,10,13,16,28H,6-9,11-12H2,1-2H3/t16-/m0/s1. The van der Waals surface area contributed by atoms with Gasteiger partial charge in [0.1, 0.15) is 0 Å². The molecule has 0 saturated carbocycles. The third-order valence-corrected chi connectivity index (χ3v) is 5.87. The molecule has 1 fully saturated rings. The lowest BCUT2D eigenvalue weighted by atomic mass is 10.2. The smallest absolute Gasteiger partial charge is 0.332 e. The summed E-state index contributed by atoms with van der Waals surface area (Å²) in [4.78, 5) is 33.3. The van der Waals surface area contributed by atoms with E-state index in [-0.39, 0.29) is 6.54 Å². The summed E-state index contributed by atoms with van der Waals surface area (Å²) in [6, 6.07) is 7.82. The Morgan fingerprint density at radius 1 is 1.10 bits per heavy atom. The molecule has 0 spiro atoms. The van der Waals surface area contributed by atoms with Crippen LogP contribution in [0, 0.1) is 0 Å². The van der Waals surface area contributed by atoms with Gasteiger partial charge < -0.3 is 14.6 Å². The van der Waals surface area contributed by atoms with Gasteiger partial charge in [0.2, 0.25) is 0 Å². The fourth-order valence-corrected chi connectivity index (χ4v) is 4.16. The molecular formula is C20H25ClN6O3. The van der Waals surface area contributed by atoms with Crippen LogP contribution < -0.4 is 16.1 Å². The number of halogens is 1. The summed E-state index contributed by atoms with van der Waals surface area (Å²) in [5.74, 6) is 0. The highest BCUT2D eigenvalue weighted by atomic mass is 35.5. The van der Waals surface area contributed by atoms with E-state index in [9.17, 15) is 14.7 Å². The first-order chi connectivity index (χ1) is 14.3. The fourth-order valence-electron chi connectivity index (χ4n) is 3.98. The molecule has 0 aliphatic carbocycles. The summed E-state index contributed by atoms with van der Waals surface area (Å²) in [5, 5.41) is 11.4. The largest absolute Gasteiger partial charge is 0.390 e. The number of hydrogen-bond acceptors (Lipinski definition) is 6. The van der Waals surface area contributed by atoms with Gasteiger partial charge in [-0.15, -0.1) is 0 Å². The molecule has 1 atom stereocenters. The fraction of sp³-hybridized carbons (Fsp3) is 0.450. The molecule has 1 saturated heterocycles. The van der Waals surface area contributed by atoms with Crippen molar-refractivity contribution in [1.82, 2.24) is 23.6 Å². The first-order valence-electron chi connectivity index (χ1n) is 9.87. The molecule has 10 heteroatoms. The van der Waals surface area contributed by atoms with E-state index in [0.717, 1.165) is 41.5 Å². The number of aliphatic hydroxyl groups excluding tert-OH is 1. The highest BCUT2D eigenvalue weighted by molar-refractivity contribution is 6.30. The minimum atomic E-state index is -0.665. The van der Waals surface area contributed by atoms with E-state index in [4.69, 9.17) is 11.6 Å². The van der Waals surface area contributed by atoms with Gasteiger partial charge in [-0.2, -0.15) is 0 Å². The Morgan fingerprint density at radius 3 is 2.53 bits per heavy atom. The molecule has 4 rings (SSSR count). The van der Waals surface area contributed by atoms with E-state index < -0.39 is 17.4 Å². The maximum Gasteiger partial charge on any atom is 0.332 e. The highest BCUT2D eigenvalue weighted by Gasteiger charge is 2.21. The summed E-state index contributed by atoms with van der Waals surface area (Å²) in [5.41, 5.74) is 0.924.